The molecule has 0 atom stereocenters. The Bertz CT molecular complexity index is 425. The average molecular weight is 206 g/mol. The number of hydrogen-bond acceptors (Lipinski definition) is 4. The average Bonchev–Trinajstić information content (AvgIpc) is 2.27. The van der Waals surface area contributed by atoms with Crippen LogP contribution in [0.3, 0.4) is 0 Å². The van der Waals surface area contributed by atoms with Crippen molar-refractivity contribution < 1.29 is 14.5 Å². The van der Waals surface area contributed by atoms with Crippen LogP contribution < -0.4 is 0 Å². The minimum absolute atomic E-state index is 0.117. The highest BCUT2D eigenvalue weighted by atomic mass is 16.6. The highest BCUT2D eigenvalue weighted by Crippen LogP contribution is 2.18. The molecule has 1 rings (SSSR count). The predicted molar refractivity (Wildman–Crippen MR) is 52.4 cm³/mol. The highest BCUT2D eigenvalue weighted by Gasteiger charge is 2.14. The first-order chi connectivity index (χ1) is 7.10. The zero-order valence-electron chi connectivity index (χ0n) is 8.02. The van der Waals surface area contributed by atoms with Gasteiger partial charge in [-0.25, -0.2) is 4.79 Å². The Morgan fingerprint density at radius 2 is 2.27 bits per heavy atom. The number of hydrogen-bond donors (Lipinski definition) is 0. The van der Waals surface area contributed by atoms with Crippen molar-refractivity contribution in [3.8, 4) is 0 Å². The second-order valence-corrected chi connectivity index (χ2v) is 2.66. The predicted octanol–water partition coefficient (Wildman–Crippen LogP) is 1.72. The third-order valence-electron chi connectivity index (χ3n) is 1.81. The Balaban J connectivity index is 3.26. The molecular formula is C10H8NO4. The molecule has 0 saturated heterocycles. The van der Waals surface area contributed by atoms with Crippen molar-refractivity contribution in [3.63, 3.8) is 0 Å². The van der Waals surface area contributed by atoms with Gasteiger partial charge in [0.05, 0.1) is 17.6 Å². The van der Waals surface area contributed by atoms with E-state index in [1.54, 1.807) is 0 Å². The van der Waals surface area contributed by atoms with Gasteiger partial charge in [-0.15, -0.1) is 0 Å². The Kier molecular flexibility index (Phi) is 3.17. The molecular weight excluding hydrogens is 198 g/mol. The minimum Gasteiger partial charge on any atom is -0.465 e. The molecule has 0 spiro atoms. The number of benzene rings is 1. The van der Waals surface area contributed by atoms with Crippen LogP contribution in [0.5, 0.6) is 0 Å². The molecule has 0 aliphatic carbocycles. The van der Waals surface area contributed by atoms with E-state index < -0.39 is 10.9 Å². The lowest BCUT2D eigenvalue weighted by Crippen LogP contribution is -2.04. The quantitative estimate of drug-likeness (QED) is 0.429. The third kappa shape index (κ3) is 2.19. The van der Waals surface area contributed by atoms with Crippen molar-refractivity contribution in [3.05, 3.63) is 52.1 Å². The molecule has 77 valence electrons. The Morgan fingerprint density at radius 1 is 1.60 bits per heavy atom. The second kappa shape index (κ2) is 4.36. The fourth-order valence-electron chi connectivity index (χ4n) is 1.08. The summed E-state index contributed by atoms with van der Waals surface area (Å²) >= 11 is 0. The topological polar surface area (TPSA) is 69.4 Å². The van der Waals surface area contributed by atoms with E-state index in [4.69, 9.17) is 0 Å². The molecule has 1 aromatic rings. The summed E-state index contributed by atoms with van der Waals surface area (Å²) in [5.41, 5.74) is 0.350. The van der Waals surface area contributed by atoms with Crippen molar-refractivity contribution in [2.24, 2.45) is 0 Å². The SMILES string of the molecule is C=[C]c1cc([N+](=O)[O-])ccc1C(=O)OC. The van der Waals surface area contributed by atoms with Crippen LogP contribution in [0, 0.1) is 16.2 Å². The molecule has 15 heavy (non-hydrogen) atoms. The van der Waals surface area contributed by atoms with Crippen molar-refractivity contribution >= 4 is 11.7 Å². The standard InChI is InChI=1S/C10H8NO4/c1-3-7-6-8(11(13)14)4-5-9(7)10(12)15-2/h4-6H,1H2,2H3. The molecule has 0 aliphatic heterocycles. The van der Waals surface area contributed by atoms with E-state index in [-0.39, 0.29) is 16.8 Å². The van der Waals surface area contributed by atoms with Crippen LogP contribution in [0.2, 0.25) is 0 Å². The fourth-order valence-corrected chi connectivity index (χ4v) is 1.08. The zero-order chi connectivity index (χ0) is 11.4. The van der Waals surface area contributed by atoms with Crippen molar-refractivity contribution in [1.82, 2.24) is 0 Å². The number of ether oxygens (including phenoxy) is 1. The minimum atomic E-state index is -0.573. The van der Waals surface area contributed by atoms with Crippen LogP contribution in [0.25, 0.3) is 0 Å². The number of rotatable bonds is 3. The third-order valence-corrected chi connectivity index (χ3v) is 1.81. The molecule has 5 heteroatoms. The maximum atomic E-state index is 11.2. The molecule has 0 unspecified atom stereocenters. The molecule has 0 fully saturated rings. The van der Waals surface area contributed by atoms with E-state index in [1.807, 2.05) is 0 Å². The number of non-ortho nitro benzene ring substituents is 1. The van der Waals surface area contributed by atoms with Gasteiger partial charge in [0, 0.05) is 17.7 Å². The van der Waals surface area contributed by atoms with Gasteiger partial charge in [-0.05, 0) is 12.1 Å². The van der Waals surface area contributed by atoms with Gasteiger partial charge in [0.15, 0.2) is 0 Å². The van der Waals surface area contributed by atoms with Gasteiger partial charge < -0.3 is 4.74 Å². The smallest absolute Gasteiger partial charge is 0.338 e. The molecule has 0 N–H and O–H groups in total. The number of nitro benzene ring substituents is 1. The van der Waals surface area contributed by atoms with Gasteiger partial charge in [-0.1, -0.05) is 6.58 Å². The zero-order valence-corrected chi connectivity index (χ0v) is 8.02. The Morgan fingerprint density at radius 3 is 2.73 bits per heavy atom. The molecule has 0 heterocycles. The van der Waals surface area contributed by atoms with E-state index in [0.29, 0.717) is 0 Å². The maximum absolute atomic E-state index is 11.2. The van der Waals surface area contributed by atoms with Crippen molar-refractivity contribution in [1.29, 1.82) is 0 Å². The van der Waals surface area contributed by atoms with Crippen LogP contribution in [-0.2, 0) is 4.74 Å². The first kappa shape index (κ1) is 10.9. The molecule has 1 aromatic carbocycles. The van der Waals surface area contributed by atoms with E-state index in [1.165, 1.54) is 25.3 Å². The summed E-state index contributed by atoms with van der Waals surface area (Å²) in [7, 11) is 1.23. The van der Waals surface area contributed by atoms with E-state index in [0.717, 1.165) is 0 Å². The lowest BCUT2D eigenvalue weighted by atomic mass is 10.1. The largest absolute Gasteiger partial charge is 0.465 e. The number of carbonyl (C=O) groups is 1. The van der Waals surface area contributed by atoms with Crippen LogP contribution in [-0.4, -0.2) is 18.0 Å². The number of esters is 1. The normalized spacial score (nSPS) is 9.40. The van der Waals surface area contributed by atoms with Crippen LogP contribution >= 0.6 is 0 Å². The molecule has 0 aliphatic rings. The maximum Gasteiger partial charge on any atom is 0.338 e. The van der Waals surface area contributed by atoms with Crippen molar-refractivity contribution in [2.45, 2.75) is 0 Å². The molecule has 0 aromatic heterocycles. The van der Waals surface area contributed by atoms with Crippen molar-refractivity contribution in [2.75, 3.05) is 7.11 Å². The van der Waals surface area contributed by atoms with Gasteiger partial charge in [-0.2, -0.15) is 0 Å². The lowest BCUT2D eigenvalue weighted by molar-refractivity contribution is -0.384. The number of carbonyl (C=O) groups excluding carboxylic acids is 1. The summed E-state index contributed by atoms with van der Waals surface area (Å²) in [5, 5.41) is 10.5. The molecule has 1 radical (unpaired) electrons. The molecule has 0 saturated carbocycles. The van der Waals surface area contributed by atoms with Gasteiger partial charge >= 0.3 is 5.97 Å². The van der Waals surface area contributed by atoms with Gasteiger partial charge in [0.2, 0.25) is 0 Å². The first-order valence-electron chi connectivity index (χ1n) is 4.00. The van der Waals surface area contributed by atoms with E-state index in [2.05, 4.69) is 17.4 Å². The Hall–Kier alpha value is -2.17. The highest BCUT2D eigenvalue weighted by molar-refractivity contribution is 5.91. The number of methoxy groups -OCH3 is 1. The summed E-state index contributed by atoms with van der Waals surface area (Å²) in [6.45, 7) is 3.35. The van der Waals surface area contributed by atoms with Crippen LogP contribution in [0.1, 0.15) is 15.9 Å². The summed E-state index contributed by atoms with van der Waals surface area (Å²) in [6.07, 6.45) is 2.45. The fraction of sp³-hybridized carbons (Fsp3) is 0.100. The number of nitrogens with zero attached hydrogens (tertiary/aromatic N) is 1. The monoisotopic (exact) mass is 206 g/mol. The molecule has 5 nitrogen and oxygen atoms in total. The summed E-state index contributed by atoms with van der Waals surface area (Å²) < 4.78 is 4.50. The summed E-state index contributed by atoms with van der Waals surface area (Å²) in [5.74, 6) is -0.573. The first-order valence-corrected chi connectivity index (χ1v) is 4.00. The van der Waals surface area contributed by atoms with E-state index in [9.17, 15) is 14.9 Å². The second-order valence-electron chi connectivity index (χ2n) is 2.66. The van der Waals surface area contributed by atoms with Gasteiger partial charge in [0.25, 0.3) is 5.69 Å². The lowest BCUT2D eigenvalue weighted by Gasteiger charge is -2.02. The number of nitro groups is 1. The summed E-state index contributed by atoms with van der Waals surface area (Å²) in [4.78, 5) is 21.1. The Labute approximate surface area is 86.1 Å². The molecule has 0 bridgehead atoms. The van der Waals surface area contributed by atoms with E-state index >= 15 is 0 Å². The van der Waals surface area contributed by atoms with Gasteiger partial charge in [0.1, 0.15) is 0 Å². The van der Waals surface area contributed by atoms with Gasteiger partial charge in [-0.3, -0.25) is 10.1 Å². The summed E-state index contributed by atoms with van der Waals surface area (Å²) in [6, 6.07) is 3.77. The van der Waals surface area contributed by atoms with Crippen LogP contribution in [0.15, 0.2) is 24.8 Å². The molecule has 0 amide bonds. The van der Waals surface area contributed by atoms with Crippen LogP contribution in [0.4, 0.5) is 5.69 Å².